The Balaban J connectivity index is 2.21. The van der Waals surface area contributed by atoms with Crippen LogP contribution in [0.2, 0.25) is 5.02 Å². The minimum atomic E-state index is -0.438. The topological polar surface area (TPSA) is 35.2 Å². The van der Waals surface area contributed by atoms with Crippen LogP contribution in [-0.2, 0) is 6.61 Å². The summed E-state index contributed by atoms with van der Waals surface area (Å²) in [6.45, 7) is 3.90. The highest BCUT2D eigenvalue weighted by Crippen LogP contribution is 2.26. The largest absolute Gasteiger partial charge is 0.489 e. The average Bonchev–Trinajstić information content (AvgIpc) is 2.43. The second-order valence-electron chi connectivity index (χ2n) is 4.80. The van der Waals surface area contributed by atoms with Crippen molar-refractivity contribution >= 4 is 28.8 Å². The molecule has 2 aromatic carbocycles. The van der Waals surface area contributed by atoms with Gasteiger partial charge < -0.3 is 10.5 Å². The molecule has 2 rings (SSSR count). The van der Waals surface area contributed by atoms with Gasteiger partial charge in [-0.15, -0.1) is 0 Å². The van der Waals surface area contributed by atoms with Crippen molar-refractivity contribution in [2.75, 3.05) is 0 Å². The lowest BCUT2D eigenvalue weighted by Crippen LogP contribution is -2.13. The van der Waals surface area contributed by atoms with Crippen molar-refractivity contribution in [1.29, 1.82) is 0 Å². The Morgan fingerprint density at radius 1 is 1.29 bits per heavy atom. The molecule has 0 amide bonds. The van der Waals surface area contributed by atoms with Crippen LogP contribution in [0.25, 0.3) is 0 Å². The first-order valence-electron chi connectivity index (χ1n) is 6.37. The van der Waals surface area contributed by atoms with Crippen LogP contribution in [0.3, 0.4) is 0 Å². The molecule has 0 radical (unpaired) electrons. The van der Waals surface area contributed by atoms with Gasteiger partial charge in [0.25, 0.3) is 0 Å². The summed E-state index contributed by atoms with van der Waals surface area (Å²) < 4.78 is 19.8. The summed E-state index contributed by atoms with van der Waals surface area (Å²) in [6, 6.07) is 8.55. The molecular weight excluding hydrogens is 309 g/mol. The molecular formula is C16H15ClFNOS. The molecule has 21 heavy (non-hydrogen) atoms. The molecule has 0 atom stereocenters. The number of ether oxygens (including phenoxy) is 1. The SMILES string of the molecule is Cc1cc(OCc2cccc(C(N)=S)c2F)cc(C)c1Cl. The van der Waals surface area contributed by atoms with Crippen LogP contribution >= 0.6 is 23.8 Å². The summed E-state index contributed by atoms with van der Waals surface area (Å²) >= 11 is 10.9. The van der Waals surface area contributed by atoms with Gasteiger partial charge in [-0.05, 0) is 43.2 Å². The van der Waals surface area contributed by atoms with Crippen LogP contribution in [0.1, 0.15) is 22.3 Å². The highest BCUT2D eigenvalue weighted by atomic mass is 35.5. The second kappa shape index (κ2) is 6.41. The van der Waals surface area contributed by atoms with Crippen molar-refractivity contribution in [1.82, 2.24) is 0 Å². The third-order valence-electron chi connectivity index (χ3n) is 3.15. The number of aryl methyl sites for hydroxylation is 2. The van der Waals surface area contributed by atoms with Crippen molar-refractivity contribution in [3.8, 4) is 5.75 Å². The van der Waals surface area contributed by atoms with Crippen molar-refractivity contribution in [2.45, 2.75) is 20.5 Å². The lowest BCUT2D eigenvalue weighted by Gasteiger charge is -2.11. The standard InChI is InChI=1S/C16H15ClFNOS/c1-9-6-12(7-10(2)14(9)17)20-8-11-4-3-5-13(15(11)18)16(19)21/h3-7H,8H2,1-2H3,(H2,19,21). The lowest BCUT2D eigenvalue weighted by molar-refractivity contribution is 0.299. The maximum atomic E-state index is 14.2. The first kappa shape index (κ1) is 15.7. The Hall–Kier alpha value is -1.65. The van der Waals surface area contributed by atoms with Crippen molar-refractivity contribution in [3.05, 3.63) is 63.4 Å². The van der Waals surface area contributed by atoms with E-state index in [2.05, 4.69) is 0 Å². The van der Waals surface area contributed by atoms with Crippen LogP contribution in [0.5, 0.6) is 5.75 Å². The van der Waals surface area contributed by atoms with Crippen LogP contribution in [0.4, 0.5) is 4.39 Å². The molecule has 0 spiro atoms. The minimum absolute atomic E-state index is 0.0348. The number of rotatable bonds is 4. The zero-order chi connectivity index (χ0) is 15.6. The van der Waals surface area contributed by atoms with Crippen LogP contribution in [0.15, 0.2) is 30.3 Å². The van der Waals surface area contributed by atoms with Gasteiger partial charge in [-0.2, -0.15) is 0 Å². The Morgan fingerprint density at radius 3 is 2.48 bits per heavy atom. The predicted octanol–water partition coefficient (Wildman–Crippen LogP) is 4.31. The minimum Gasteiger partial charge on any atom is -0.489 e. The fourth-order valence-corrected chi connectivity index (χ4v) is 2.30. The van der Waals surface area contributed by atoms with E-state index in [0.29, 0.717) is 16.3 Å². The molecule has 0 aromatic heterocycles. The molecule has 0 aliphatic rings. The quantitative estimate of drug-likeness (QED) is 0.852. The van der Waals surface area contributed by atoms with Crippen LogP contribution in [-0.4, -0.2) is 4.99 Å². The predicted molar refractivity (Wildman–Crippen MR) is 87.5 cm³/mol. The van der Waals surface area contributed by atoms with E-state index in [1.807, 2.05) is 26.0 Å². The van der Waals surface area contributed by atoms with Crippen LogP contribution in [0, 0.1) is 19.7 Å². The molecule has 0 aliphatic heterocycles. The fourth-order valence-electron chi connectivity index (χ4n) is 2.03. The molecule has 2 aromatic rings. The second-order valence-corrected chi connectivity index (χ2v) is 5.62. The fraction of sp³-hybridized carbons (Fsp3) is 0.188. The molecule has 110 valence electrons. The summed E-state index contributed by atoms with van der Waals surface area (Å²) in [6.07, 6.45) is 0. The first-order chi connectivity index (χ1) is 9.90. The normalized spacial score (nSPS) is 10.5. The molecule has 0 bridgehead atoms. The summed E-state index contributed by atoms with van der Waals surface area (Å²) in [7, 11) is 0. The van der Waals surface area contributed by atoms with E-state index in [-0.39, 0.29) is 17.2 Å². The highest BCUT2D eigenvalue weighted by molar-refractivity contribution is 7.80. The van der Waals surface area contributed by atoms with Gasteiger partial charge in [-0.3, -0.25) is 0 Å². The molecule has 0 heterocycles. The number of hydrogen-bond donors (Lipinski definition) is 1. The summed E-state index contributed by atoms with van der Waals surface area (Å²) in [5.74, 6) is 0.210. The monoisotopic (exact) mass is 323 g/mol. The third kappa shape index (κ3) is 3.52. The Morgan fingerprint density at radius 2 is 1.90 bits per heavy atom. The lowest BCUT2D eigenvalue weighted by atomic mass is 10.1. The summed E-state index contributed by atoms with van der Waals surface area (Å²) in [4.78, 5) is 0.0348. The highest BCUT2D eigenvalue weighted by Gasteiger charge is 2.11. The Labute approximate surface area is 133 Å². The Kier molecular flexibility index (Phi) is 4.80. The number of benzene rings is 2. The van der Waals surface area contributed by atoms with E-state index in [1.165, 1.54) is 0 Å². The first-order valence-corrected chi connectivity index (χ1v) is 7.15. The van der Waals surface area contributed by atoms with Gasteiger partial charge in [0, 0.05) is 16.1 Å². The zero-order valence-corrected chi connectivity index (χ0v) is 13.3. The van der Waals surface area contributed by atoms with Gasteiger partial charge >= 0.3 is 0 Å². The number of halogens is 2. The third-order valence-corrected chi connectivity index (χ3v) is 3.96. The van der Waals surface area contributed by atoms with E-state index in [0.717, 1.165) is 11.1 Å². The zero-order valence-electron chi connectivity index (χ0n) is 11.7. The van der Waals surface area contributed by atoms with Crippen LogP contribution < -0.4 is 10.5 Å². The van der Waals surface area contributed by atoms with Gasteiger partial charge in [0.2, 0.25) is 0 Å². The van der Waals surface area contributed by atoms with Crippen molar-refractivity contribution in [2.24, 2.45) is 5.73 Å². The van der Waals surface area contributed by atoms with Gasteiger partial charge in [-0.25, -0.2) is 4.39 Å². The molecule has 5 heteroatoms. The number of hydrogen-bond acceptors (Lipinski definition) is 2. The molecule has 0 saturated carbocycles. The maximum absolute atomic E-state index is 14.2. The van der Waals surface area contributed by atoms with Crippen molar-refractivity contribution < 1.29 is 9.13 Å². The smallest absolute Gasteiger partial charge is 0.139 e. The van der Waals surface area contributed by atoms with E-state index >= 15 is 0 Å². The summed E-state index contributed by atoms with van der Waals surface area (Å²) in [5, 5.41) is 0.712. The van der Waals surface area contributed by atoms with E-state index in [4.69, 9.17) is 34.3 Å². The maximum Gasteiger partial charge on any atom is 0.139 e. The van der Waals surface area contributed by atoms with E-state index in [9.17, 15) is 4.39 Å². The van der Waals surface area contributed by atoms with E-state index < -0.39 is 5.82 Å². The molecule has 0 fully saturated rings. The summed E-state index contributed by atoms with van der Waals surface area (Å²) in [5.41, 5.74) is 7.96. The number of nitrogens with two attached hydrogens (primary N) is 1. The molecule has 0 aliphatic carbocycles. The average molecular weight is 324 g/mol. The number of thiocarbonyl (C=S) groups is 1. The van der Waals surface area contributed by atoms with Crippen molar-refractivity contribution in [3.63, 3.8) is 0 Å². The van der Waals surface area contributed by atoms with Gasteiger partial charge in [0.1, 0.15) is 23.2 Å². The molecule has 2 N–H and O–H groups in total. The van der Waals surface area contributed by atoms with Gasteiger partial charge in [0.15, 0.2) is 0 Å². The molecule has 2 nitrogen and oxygen atoms in total. The van der Waals surface area contributed by atoms with Gasteiger partial charge in [-0.1, -0.05) is 36.0 Å². The molecule has 0 unspecified atom stereocenters. The Bertz CT molecular complexity index is 680. The van der Waals surface area contributed by atoms with E-state index in [1.54, 1.807) is 18.2 Å². The molecule has 0 saturated heterocycles. The van der Waals surface area contributed by atoms with Gasteiger partial charge in [0.05, 0.1) is 0 Å².